The number of aromatic nitrogens is 2. The van der Waals surface area contributed by atoms with E-state index in [4.69, 9.17) is 10.8 Å². The topological polar surface area (TPSA) is 64.1 Å². The van der Waals surface area contributed by atoms with Crippen molar-refractivity contribution < 1.29 is 5.11 Å². The molecule has 1 aromatic heterocycles. The van der Waals surface area contributed by atoms with Crippen molar-refractivity contribution in [2.24, 2.45) is 12.8 Å². The molecule has 1 heterocycles. The van der Waals surface area contributed by atoms with E-state index >= 15 is 0 Å². The quantitative estimate of drug-likeness (QED) is 0.698. The molecule has 13 heavy (non-hydrogen) atoms. The predicted octanol–water partition coefficient (Wildman–Crippen LogP) is 0.153. The van der Waals surface area contributed by atoms with Crippen LogP contribution in [-0.2, 0) is 7.05 Å². The highest BCUT2D eigenvalue weighted by Crippen LogP contribution is 2.20. The normalized spacial score (nSPS) is 13.2. The first kappa shape index (κ1) is 10.2. The third kappa shape index (κ3) is 2.29. The maximum absolute atomic E-state index is 8.84. The van der Waals surface area contributed by atoms with E-state index in [0.717, 1.165) is 11.3 Å². The number of nitrogens with two attached hydrogens (primary N) is 1. The van der Waals surface area contributed by atoms with Crippen LogP contribution in [0.25, 0.3) is 0 Å². The molecule has 74 valence electrons. The summed E-state index contributed by atoms with van der Waals surface area (Å²) in [5.74, 6) is 0.235. The molecule has 0 aromatic carbocycles. The summed E-state index contributed by atoms with van der Waals surface area (Å²) in [5, 5.41) is 13.1. The molecule has 1 unspecified atom stereocenters. The van der Waals surface area contributed by atoms with E-state index in [0.29, 0.717) is 13.0 Å². The number of aryl methyl sites for hydroxylation is 2. The molecular weight excluding hydrogens is 166 g/mol. The monoisotopic (exact) mass is 183 g/mol. The summed E-state index contributed by atoms with van der Waals surface area (Å²) in [5.41, 5.74) is 7.78. The van der Waals surface area contributed by atoms with Gasteiger partial charge in [0.15, 0.2) is 0 Å². The number of nitrogens with zero attached hydrogens (tertiary/aromatic N) is 2. The molecule has 0 bridgehead atoms. The van der Waals surface area contributed by atoms with Crippen molar-refractivity contribution in [2.75, 3.05) is 13.2 Å². The average Bonchev–Trinajstić information content (AvgIpc) is 2.41. The lowest BCUT2D eigenvalue weighted by atomic mass is 9.97. The van der Waals surface area contributed by atoms with E-state index in [1.54, 1.807) is 4.68 Å². The lowest BCUT2D eigenvalue weighted by molar-refractivity contribution is 0.276. The Morgan fingerprint density at radius 2 is 2.38 bits per heavy atom. The molecule has 0 aliphatic rings. The third-order valence-corrected chi connectivity index (χ3v) is 2.25. The van der Waals surface area contributed by atoms with Crippen LogP contribution in [0, 0.1) is 6.92 Å². The Morgan fingerprint density at radius 1 is 1.69 bits per heavy atom. The molecular formula is C9H17N3O. The molecule has 1 aromatic rings. The largest absolute Gasteiger partial charge is 0.396 e. The fourth-order valence-electron chi connectivity index (χ4n) is 1.57. The molecule has 0 aliphatic heterocycles. The van der Waals surface area contributed by atoms with E-state index in [9.17, 15) is 0 Å². The lowest BCUT2D eigenvalue weighted by Gasteiger charge is -2.11. The summed E-state index contributed by atoms with van der Waals surface area (Å²) in [7, 11) is 1.89. The number of aliphatic hydroxyl groups excluding tert-OH is 1. The fraction of sp³-hybridized carbons (Fsp3) is 0.667. The Kier molecular flexibility index (Phi) is 3.45. The van der Waals surface area contributed by atoms with Gasteiger partial charge in [0.05, 0.1) is 5.69 Å². The standard InChI is InChI=1S/C9H17N3O/c1-7-9(6-12(2)11-7)8(5-10)3-4-13/h6,8,13H,3-5,10H2,1-2H3. The maximum atomic E-state index is 8.84. The molecule has 4 nitrogen and oxygen atoms in total. The van der Waals surface area contributed by atoms with Crippen LogP contribution in [-0.4, -0.2) is 28.0 Å². The van der Waals surface area contributed by atoms with Gasteiger partial charge in [-0.05, 0) is 25.5 Å². The van der Waals surface area contributed by atoms with Gasteiger partial charge in [-0.15, -0.1) is 0 Å². The molecule has 1 atom stereocenters. The predicted molar refractivity (Wildman–Crippen MR) is 51.4 cm³/mol. The Balaban J connectivity index is 2.83. The first-order valence-corrected chi connectivity index (χ1v) is 4.50. The van der Waals surface area contributed by atoms with Gasteiger partial charge in [0.25, 0.3) is 0 Å². The van der Waals surface area contributed by atoms with Gasteiger partial charge in [-0.1, -0.05) is 0 Å². The summed E-state index contributed by atoms with van der Waals surface area (Å²) in [6.45, 7) is 2.71. The SMILES string of the molecule is Cc1nn(C)cc1C(CN)CCO. The van der Waals surface area contributed by atoms with E-state index in [2.05, 4.69) is 5.10 Å². The molecule has 0 spiro atoms. The maximum Gasteiger partial charge on any atom is 0.0628 e. The average molecular weight is 183 g/mol. The summed E-state index contributed by atoms with van der Waals surface area (Å²) in [6.07, 6.45) is 2.69. The Bertz CT molecular complexity index is 270. The van der Waals surface area contributed by atoms with Gasteiger partial charge in [-0.2, -0.15) is 5.10 Å². The fourth-order valence-corrected chi connectivity index (χ4v) is 1.57. The highest BCUT2D eigenvalue weighted by molar-refractivity contribution is 5.20. The van der Waals surface area contributed by atoms with Crippen LogP contribution in [0.4, 0.5) is 0 Å². The Morgan fingerprint density at radius 3 is 2.77 bits per heavy atom. The van der Waals surface area contributed by atoms with Crippen LogP contribution in [0.5, 0.6) is 0 Å². The van der Waals surface area contributed by atoms with Gasteiger partial charge in [0, 0.05) is 25.8 Å². The van der Waals surface area contributed by atoms with Crippen molar-refractivity contribution in [3.63, 3.8) is 0 Å². The van der Waals surface area contributed by atoms with Crippen molar-refractivity contribution in [1.82, 2.24) is 9.78 Å². The van der Waals surface area contributed by atoms with Crippen LogP contribution in [0.1, 0.15) is 23.6 Å². The summed E-state index contributed by atoms with van der Waals surface area (Å²) in [6, 6.07) is 0. The Hall–Kier alpha value is -0.870. The van der Waals surface area contributed by atoms with Crippen LogP contribution >= 0.6 is 0 Å². The van der Waals surface area contributed by atoms with Crippen molar-refractivity contribution in [3.8, 4) is 0 Å². The van der Waals surface area contributed by atoms with Crippen LogP contribution in [0.2, 0.25) is 0 Å². The number of aliphatic hydroxyl groups is 1. The lowest BCUT2D eigenvalue weighted by Crippen LogP contribution is -2.14. The first-order chi connectivity index (χ1) is 6.19. The molecule has 3 N–H and O–H groups in total. The Labute approximate surface area is 78.4 Å². The number of hydrogen-bond donors (Lipinski definition) is 2. The van der Waals surface area contributed by atoms with Crippen LogP contribution in [0.3, 0.4) is 0 Å². The molecule has 0 aliphatic carbocycles. The molecule has 0 saturated carbocycles. The van der Waals surface area contributed by atoms with Gasteiger partial charge in [-0.3, -0.25) is 4.68 Å². The zero-order chi connectivity index (χ0) is 9.84. The van der Waals surface area contributed by atoms with Gasteiger partial charge in [0.2, 0.25) is 0 Å². The molecule has 1 rings (SSSR count). The van der Waals surface area contributed by atoms with Crippen molar-refractivity contribution in [2.45, 2.75) is 19.3 Å². The van der Waals surface area contributed by atoms with Gasteiger partial charge >= 0.3 is 0 Å². The second-order valence-corrected chi connectivity index (χ2v) is 3.29. The second kappa shape index (κ2) is 4.39. The van der Waals surface area contributed by atoms with E-state index < -0.39 is 0 Å². The van der Waals surface area contributed by atoms with Crippen LogP contribution in [0.15, 0.2) is 6.20 Å². The molecule has 0 radical (unpaired) electrons. The van der Waals surface area contributed by atoms with E-state index in [-0.39, 0.29) is 12.5 Å². The summed E-state index contributed by atoms with van der Waals surface area (Å²) < 4.78 is 1.78. The van der Waals surface area contributed by atoms with E-state index in [1.165, 1.54) is 0 Å². The second-order valence-electron chi connectivity index (χ2n) is 3.29. The highest BCUT2D eigenvalue weighted by Gasteiger charge is 2.13. The first-order valence-electron chi connectivity index (χ1n) is 4.50. The highest BCUT2D eigenvalue weighted by atomic mass is 16.3. The van der Waals surface area contributed by atoms with Gasteiger partial charge < -0.3 is 10.8 Å². The van der Waals surface area contributed by atoms with Crippen LogP contribution < -0.4 is 5.73 Å². The van der Waals surface area contributed by atoms with E-state index in [1.807, 2.05) is 20.2 Å². The van der Waals surface area contributed by atoms with Crippen molar-refractivity contribution >= 4 is 0 Å². The number of hydrogen-bond acceptors (Lipinski definition) is 3. The minimum absolute atomic E-state index is 0.177. The summed E-state index contributed by atoms with van der Waals surface area (Å²) in [4.78, 5) is 0. The smallest absolute Gasteiger partial charge is 0.0628 e. The molecule has 0 amide bonds. The van der Waals surface area contributed by atoms with Gasteiger partial charge in [-0.25, -0.2) is 0 Å². The van der Waals surface area contributed by atoms with Crippen molar-refractivity contribution in [1.29, 1.82) is 0 Å². The zero-order valence-corrected chi connectivity index (χ0v) is 8.20. The minimum atomic E-state index is 0.177. The minimum Gasteiger partial charge on any atom is -0.396 e. The molecule has 4 heteroatoms. The zero-order valence-electron chi connectivity index (χ0n) is 8.20. The van der Waals surface area contributed by atoms with Crippen molar-refractivity contribution in [3.05, 3.63) is 17.5 Å². The summed E-state index contributed by atoms with van der Waals surface area (Å²) >= 11 is 0. The number of rotatable bonds is 4. The third-order valence-electron chi connectivity index (χ3n) is 2.25. The molecule has 0 saturated heterocycles. The molecule has 0 fully saturated rings. The van der Waals surface area contributed by atoms with Gasteiger partial charge in [0.1, 0.15) is 0 Å².